The standard InChI is InChI=1S/C17H21N3O/c1-12-6-4-5-7-14(12)18-17(21)16-10-13-11-19(2)9-8-15(13)20(16)3/h4-7,10H,8-9,11H2,1-3H3,(H,18,21). The molecule has 3 rings (SSSR count). The van der Waals surface area contributed by atoms with Crippen molar-refractivity contribution in [3.05, 3.63) is 52.8 Å². The molecule has 4 nitrogen and oxygen atoms in total. The van der Waals surface area contributed by atoms with Gasteiger partial charge in [-0.3, -0.25) is 4.79 Å². The predicted molar refractivity (Wildman–Crippen MR) is 84.6 cm³/mol. The second-order valence-corrected chi connectivity index (χ2v) is 5.82. The van der Waals surface area contributed by atoms with Crippen LogP contribution >= 0.6 is 0 Å². The lowest BCUT2D eigenvalue weighted by Crippen LogP contribution is -2.27. The van der Waals surface area contributed by atoms with E-state index in [1.54, 1.807) is 0 Å². The van der Waals surface area contributed by atoms with Crippen LogP contribution in [0.3, 0.4) is 0 Å². The zero-order chi connectivity index (χ0) is 15.0. The predicted octanol–water partition coefficient (Wildman–Crippen LogP) is 2.57. The van der Waals surface area contributed by atoms with Gasteiger partial charge in [-0.25, -0.2) is 0 Å². The maximum atomic E-state index is 12.5. The summed E-state index contributed by atoms with van der Waals surface area (Å²) in [6, 6.07) is 9.87. The Morgan fingerprint density at radius 3 is 2.76 bits per heavy atom. The summed E-state index contributed by atoms with van der Waals surface area (Å²) in [5.41, 5.74) is 5.23. The third-order valence-corrected chi connectivity index (χ3v) is 4.24. The molecule has 21 heavy (non-hydrogen) atoms. The number of fused-ring (bicyclic) bond motifs is 1. The highest BCUT2D eigenvalue weighted by Crippen LogP contribution is 2.23. The Labute approximate surface area is 125 Å². The van der Waals surface area contributed by atoms with Crippen LogP contribution in [0.15, 0.2) is 30.3 Å². The quantitative estimate of drug-likeness (QED) is 0.920. The van der Waals surface area contributed by atoms with Crippen LogP contribution in [0.1, 0.15) is 27.3 Å². The molecule has 0 fully saturated rings. The average molecular weight is 283 g/mol. The smallest absolute Gasteiger partial charge is 0.272 e. The van der Waals surface area contributed by atoms with Crippen molar-refractivity contribution >= 4 is 11.6 Å². The van der Waals surface area contributed by atoms with Gasteiger partial charge in [-0.15, -0.1) is 0 Å². The van der Waals surface area contributed by atoms with Crippen LogP contribution < -0.4 is 5.32 Å². The number of carbonyl (C=O) groups excluding carboxylic acids is 1. The lowest BCUT2D eigenvalue weighted by atomic mass is 10.1. The third-order valence-electron chi connectivity index (χ3n) is 4.24. The van der Waals surface area contributed by atoms with Gasteiger partial charge in [0.15, 0.2) is 0 Å². The zero-order valence-electron chi connectivity index (χ0n) is 12.8. The molecule has 0 unspecified atom stereocenters. The minimum Gasteiger partial charge on any atom is -0.343 e. The van der Waals surface area contributed by atoms with Crippen LogP contribution in [0.5, 0.6) is 0 Å². The summed E-state index contributed by atoms with van der Waals surface area (Å²) in [6.45, 7) is 3.96. The molecule has 1 aliphatic rings. The van der Waals surface area contributed by atoms with Gasteiger partial charge in [-0.1, -0.05) is 18.2 Å². The van der Waals surface area contributed by atoms with Crippen molar-refractivity contribution in [1.82, 2.24) is 9.47 Å². The van der Waals surface area contributed by atoms with E-state index in [0.29, 0.717) is 0 Å². The normalized spacial score (nSPS) is 14.8. The van der Waals surface area contributed by atoms with Crippen LogP contribution in [0.2, 0.25) is 0 Å². The van der Waals surface area contributed by atoms with E-state index >= 15 is 0 Å². The number of nitrogens with one attached hydrogen (secondary N) is 1. The Morgan fingerprint density at radius 1 is 1.24 bits per heavy atom. The minimum absolute atomic E-state index is 0.0381. The Hall–Kier alpha value is -2.07. The van der Waals surface area contributed by atoms with E-state index in [-0.39, 0.29) is 5.91 Å². The van der Waals surface area contributed by atoms with Gasteiger partial charge in [0.2, 0.25) is 0 Å². The number of benzene rings is 1. The number of carbonyl (C=O) groups is 1. The van der Waals surface area contributed by atoms with Crippen LogP contribution in [-0.2, 0) is 20.0 Å². The van der Waals surface area contributed by atoms with Crippen LogP contribution in [-0.4, -0.2) is 29.0 Å². The molecule has 1 amide bonds. The van der Waals surface area contributed by atoms with Gasteiger partial charge in [-0.05, 0) is 37.2 Å². The summed E-state index contributed by atoms with van der Waals surface area (Å²) in [7, 11) is 4.10. The number of amides is 1. The van der Waals surface area contributed by atoms with Crippen molar-refractivity contribution in [2.24, 2.45) is 7.05 Å². The summed E-state index contributed by atoms with van der Waals surface area (Å²) in [6.07, 6.45) is 1.000. The van der Waals surface area contributed by atoms with Crippen molar-refractivity contribution in [2.75, 3.05) is 18.9 Å². The van der Waals surface area contributed by atoms with E-state index < -0.39 is 0 Å². The fourth-order valence-corrected chi connectivity index (χ4v) is 2.96. The molecule has 0 aliphatic carbocycles. The average Bonchev–Trinajstić information content (AvgIpc) is 2.78. The molecular formula is C17H21N3O. The maximum Gasteiger partial charge on any atom is 0.272 e. The first-order valence-electron chi connectivity index (χ1n) is 7.29. The second-order valence-electron chi connectivity index (χ2n) is 5.82. The number of likely N-dealkylation sites (N-methyl/N-ethyl adjacent to an activating group) is 1. The highest BCUT2D eigenvalue weighted by Gasteiger charge is 2.22. The lowest BCUT2D eigenvalue weighted by Gasteiger charge is -2.23. The van der Waals surface area contributed by atoms with E-state index in [4.69, 9.17) is 0 Å². The Bertz CT molecular complexity index is 687. The number of aryl methyl sites for hydroxylation is 1. The van der Waals surface area contributed by atoms with Gasteiger partial charge in [0.05, 0.1) is 0 Å². The first kappa shape index (κ1) is 13.9. The monoisotopic (exact) mass is 283 g/mol. The van der Waals surface area contributed by atoms with Crippen molar-refractivity contribution in [3.63, 3.8) is 0 Å². The molecule has 4 heteroatoms. The SMILES string of the molecule is Cc1ccccc1NC(=O)c1cc2c(n1C)CCN(C)C2. The number of hydrogen-bond acceptors (Lipinski definition) is 2. The summed E-state index contributed by atoms with van der Waals surface area (Å²) in [5.74, 6) is -0.0381. The molecular weight excluding hydrogens is 262 g/mol. The van der Waals surface area contributed by atoms with E-state index in [9.17, 15) is 4.79 Å². The van der Waals surface area contributed by atoms with Gasteiger partial charge in [0.25, 0.3) is 5.91 Å². The molecule has 0 atom stereocenters. The maximum absolute atomic E-state index is 12.5. The Morgan fingerprint density at radius 2 is 2.00 bits per heavy atom. The lowest BCUT2D eigenvalue weighted by molar-refractivity contribution is 0.101. The van der Waals surface area contributed by atoms with E-state index in [2.05, 4.69) is 17.3 Å². The molecule has 2 heterocycles. The molecule has 1 aliphatic heterocycles. The van der Waals surface area contributed by atoms with Crippen molar-refractivity contribution < 1.29 is 4.79 Å². The fourth-order valence-electron chi connectivity index (χ4n) is 2.96. The van der Waals surface area contributed by atoms with E-state index in [1.165, 1.54) is 11.3 Å². The summed E-state index contributed by atoms with van der Waals surface area (Å²) in [4.78, 5) is 14.8. The van der Waals surface area contributed by atoms with E-state index in [0.717, 1.165) is 36.5 Å². The van der Waals surface area contributed by atoms with E-state index in [1.807, 2.05) is 48.9 Å². The highest BCUT2D eigenvalue weighted by atomic mass is 16.1. The first-order valence-corrected chi connectivity index (χ1v) is 7.29. The van der Waals surface area contributed by atoms with Crippen LogP contribution in [0.25, 0.3) is 0 Å². The summed E-state index contributed by atoms with van der Waals surface area (Å²) >= 11 is 0. The number of aromatic nitrogens is 1. The molecule has 0 spiro atoms. The largest absolute Gasteiger partial charge is 0.343 e. The number of nitrogens with zero attached hydrogens (tertiary/aromatic N) is 2. The first-order chi connectivity index (χ1) is 10.1. The molecule has 1 N–H and O–H groups in total. The van der Waals surface area contributed by atoms with Crippen molar-refractivity contribution in [2.45, 2.75) is 19.9 Å². The topological polar surface area (TPSA) is 37.3 Å². The number of para-hydroxylation sites is 1. The van der Waals surface area contributed by atoms with Gasteiger partial charge in [0, 0.05) is 37.9 Å². The Balaban J connectivity index is 1.87. The number of anilines is 1. The molecule has 1 aromatic carbocycles. The summed E-state index contributed by atoms with van der Waals surface area (Å²) < 4.78 is 2.04. The molecule has 0 saturated heterocycles. The molecule has 110 valence electrons. The molecule has 2 aromatic rings. The highest BCUT2D eigenvalue weighted by molar-refractivity contribution is 6.03. The molecule has 0 radical (unpaired) electrons. The van der Waals surface area contributed by atoms with Gasteiger partial charge in [-0.2, -0.15) is 0 Å². The van der Waals surface area contributed by atoms with Gasteiger partial charge in [0.1, 0.15) is 5.69 Å². The second kappa shape index (κ2) is 5.37. The van der Waals surface area contributed by atoms with Crippen LogP contribution in [0, 0.1) is 6.92 Å². The summed E-state index contributed by atoms with van der Waals surface area (Å²) in [5, 5.41) is 3.01. The number of rotatable bonds is 2. The van der Waals surface area contributed by atoms with Gasteiger partial charge < -0.3 is 14.8 Å². The molecule has 1 aromatic heterocycles. The fraction of sp³-hybridized carbons (Fsp3) is 0.353. The van der Waals surface area contributed by atoms with Crippen molar-refractivity contribution in [1.29, 1.82) is 0 Å². The molecule has 0 saturated carbocycles. The minimum atomic E-state index is -0.0381. The zero-order valence-corrected chi connectivity index (χ0v) is 12.8. The van der Waals surface area contributed by atoms with Gasteiger partial charge >= 0.3 is 0 Å². The third kappa shape index (κ3) is 2.59. The Kier molecular flexibility index (Phi) is 3.55. The molecule has 0 bridgehead atoms. The van der Waals surface area contributed by atoms with Crippen LogP contribution in [0.4, 0.5) is 5.69 Å². The number of hydrogen-bond donors (Lipinski definition) is 1. The van der Waals surface area contributed by atoms with Crippen molar-refractivity contribution in [3.8, 4) is 0 Å².